The molecule has 2 aromatic rings. The van der Waals surface area contributed by atoms with E-state index >= 15 is 0 Å². The number of ether oxygens (including phenoxy) is 1. The normalized spacial score (nSPS) is 20.3. The minimum atomic E-state index is -3.22. The van der Waals surface area contributed by atoms with Crippen molar-refractivity contribution >= 4 is 34.0 Å². The van der Waals surface area contributed by atoms with Crippen molar-refractivity contribution < 1.29 is 17.9 Å². The first-order valence-corrected chi connectivity index (χ1v) is 11.3. The van der Waals surface area contributed by atoms with Gasteiger partial charge in [-0.3, -0.25) is 9.20 Å². The van der Waals surface area contributed by atoms with Gasteiger partial charge in [0, 0.05) is 25.3 Å². The Hall–Kier alpha value is -1.84. The summed E-state index contributed by atoms with van der Waals surface area (Å²) in [6.45, 7) is 5.09. The molecule has 8 nitrogen and oxygen atoms in total. The first kappa shape index (κ1) is 21.9. The number of hydrogen-bond acceptors (Lipinski definition) is 5. The average Bonchev–Trinajstić information content (AvgIpc) is 3.46. The Kier molecular flexibility index (Phi) is 6.40. The summed E-state index contributed by atoms with van der Waals surface area (Å²) in [6, 6.07) is 3.45. The van der Waals surface area contributed by atoms with E-state index in [4.69, 9.17) is 4.74 Å². The fraction of sp³-hybridized carbons (Fsp3) is 0.579. The lowest BCUT2D eigenvalue weighted by atomic mass is 10.1. The maximum atomic E-state index is 13.0. The number of aromatic nitrogens is 2. The summed E-state index contributed by atoms with van der Waals surface area (Å²) in [5, 5.41) is 2.80. The number of carbonyl (C=O) groups is 1. The van der Waals surface area contributed by atoms with Gasteiger partial charge in [0.2, 0.25) is 10.0 Å². The summed E-state index contributed by atoms with van der Waals surface area (Å²) in [5.41, 5.74) is 1.68. The first-order chi connectivity index (χ1) is 13.4. The number of imidazole rings is 1. The topological polar surface area (TPSA) is 93.0 Å². The van der Waals surface area contributed by atoms with Crippen molar-refractivity contribution in [2.75, 3.05) is 19.7 Å². The lowest BCUT2D eigenvalue weighted by Gasteiger charge is -2.32. The maximum absolute atomic E-state index is 13.0. The smallest absolute Gasteiger partial charge is 0.270 e. The van der Waals surface area contributed by atoms with Gasteiger partial charge >= 0.3 is 0 Å². The summed E-state index contributed by atoms with van der Waals surface area (Å²) < 4.78 is 33.9. The zero-order valence-corrected chi connectivity index (χ0v) is 18.3. The summed E-state index contributed by atoms with van der Waals surface area (Å²) in [7, 11) is -3.22. The minimum absolute atomic E-state index is 0. The van der Waals surface area contributed by atoms with Gasteiger partial charge in [0.05, 0.1) is 17.6 Å². The number of nitrogens with one attached hydrogen (secondary N) is 1. The fourth-order valence-corrected chi connectivity index (χ4v) is 5.74. The molecule has 0 aromatic carbocycles. The fourth-order valence-electron chi connectivity index (χ4n) is 3.82. The van der Waals surface area contributed by atoms with Crippen LogP contribution < -0.4 is 10.1 Å². The van der Waals surface area contributed by atoms with Crippen LogP contribution in [0, 0.1) is 6.92 Å². The number of hydrogen-bond donors (Lipinski definition) is 1. The number of sulfonamides is 1. The highest BCUT2D eigenvalue weighted by Crippen LogP contribution is 2.32. The number of carbonyl (C=O) groups excluding carboxylic acids is 1. The van der Waals surface area contributed by atoms with Crippen LogP contribution in [-0.4, -0.2) is 59.0 Å². The predicted octanol–water partition coefficient (Wildman–Crippen LogP) is 2.15. The second kappa shape index (κ2) is 8.49. The van der Waals surface area contributed by atoms with Crippen molar-refractivity contribution in [3.8, 4) is 5.75 Å². The first-order valence-electron chi connectivity index (χ1n) is 9.82. The molecule has 1 aliphatic carbocycles. The van der Waals surface area contributed by atoms with E-state index in [-0.39, 0.29) is 29.6 Å². The van der Waals surface area contributed by atoms with Crippen LogP contribution in [0.2, 0.25) is 0 Å². The van der Waals surface area contributed by atoms with E-state index < -0.39 is 10.0 Å². The molecule has 1 atom stereocenters. The van der Waals surface area contributed by atoms with Gasteiger partial charge in [-0.25, -0.2) is 13.4 Å². The molecule has 4 rings (SSSR count). The van der Waals surface area contributed by atoms with E-state index in [0.717, 1.165) is 25.7 Å². The van der Waals surface area contributed by atoms with Crippen LogP contribution >= 0.6 is 12.4 Å². The number of piperidine rings is 1. The van der Waals surface area contributed by atoms with E-state index in [0.29, 0.717) is 42.5 Å². The van der Waals surface area contributed by atoms with Gasteiger partial charge in [-0.1, -0.05) is 0 Å². The Balaban J connectivity index is 0.00000240. The number of aryl methyl sites for hydroxylation is 1. The second-order valence-corrected chi connectivity index (χ2v) is 9.67. The van der Waals surface area contributed by atoms with Gasteiger partial charge in [-0.2, -0.15) is 4.31 Å². The molecule has 0 spiro atoms. The Labute approximate surface area is 177 Å². The summed E-state index contributed by atoms with van der Waals surface area (Å²) >= 11 is 0. The zero-order valence-electron chi connectivity index (χ0n) is 16.6. The highest BCUT2D eigenvalue weighted by atomic mass is 35.5. The zero-order chi connectivity index (χ0) is 19.9. The average molecular weight is 443 g/mol. The predicted molar refractivity (Wildman–Crippen MR) is 112 cm³/mol. The molecule has 1 saturated carbocycles. The summed E-state index contributed by atoms with van der Waals surface area (Å²) in [6.07, 6.45) is 4.80. The van der Waals surface area contributed by atoms with Crippen molar-refractivity contribution in [2.45, 2.75) is 50.8 Å². The van der Waals surface area contributed by atoms with Gasteiger partial charge in [-0.15, -0.1) is 12.4 Å². The summed E-state index contributed by atoms with van der Waals surface area (Å²) in [4.78, 5) is 17.5. The largest absolute Gasteiger partial charge is 0.490 e. The lowest BCUT2D eigenvalue weighted by Crippen LogP contribution is -2.50. The van der Waals surface area contributed by atoms with Crippen LogP contribution in [-0.2, 0) is 10.0 Å². The molecule has 2 aromatic heterocycles. The molecule has 160 valence electrons. The third-order valence-corrected chi connectivity index (χ3v) is 7.69. The van der Waals surface area contributed by atoms with Crippen molar-refractivity contribution in [3.05, 3.63) is 29.7 Å². The molecular weight excluding hydrogens is 416 g/mol. The number of fused-ring (bicyclic) bond motifs is 1. The number of pyridine rings is 1. The Morgan fingerprint density at radius 1 is 1.34 bits per heavy atom. The van der Waals surface area contributed by atoms with Gasteiger partial charge < -0.3 is 10.1 Å². The molecule has 1 amide bonds. The molecule has 2 fully saturated rings. The van der Waals surface area contributed by atoms with Crippen molar-refractivity contribution in [1.82, 2.24) is 19.0 Å². The van der Waals surface area contributed by atoms with Crippen LogP contribution in [0.5, 0.6) is 5.75 Å². The van der Waals surface area contributed by atoms with Crippen LogP contribution in [0.15, 0.2) is 18.3 Å². The van der Waals surface area contributed by atoms with Crippen LogP contribution in [0.3, 0.4) is 0 Å². The van der Waals surface area contributed by atoms with Crippen molar-refractivity contribution in [1.29, 1.82) is 0 Å². The molecular formula is C19H27ClN4O4S. The maximum Gasteiger partial charge on any atom is 0.270 e. The van der Waals surface area contributed by atoms with E-state index in [1.807, 2.05) is 19.1 Å². The standard InChI is InChI=1S/C19H26N4O4S.ClH/c1-3-27-16-7-5-11-23-17(13(2)20-18(16)23)19(24)21-14-6-4-10-22(12-14)28(25,26)15-8-9-15;/h5,7,11,14-15H,3-4,6,8-10,12H2,1-2H3,(H,21,24);1H/t14-;/m0./s1. The highest BCUT2D eigenvalue weighted by Gasteiger charge is 2.41. The molecule has 10 heteroatoms. The third-order valence-electron chi connectivity index (χ3n) is 5.33. The summed E-state index contributed by atoms with van der Waals surface area (Å²) in [5.74, 6) is 0.390. The Morgan fingerprint density at radius 2 is 2.10 bits per heavy atom. The molecule has 29 heavy (non-hydrogen) atoms. The van der Waals surface area contributed by atoms with Crippen LogP contribution in [0.4, 0.5) is 0 Å². The molecule has 0 unspecified atom stereocenters. The highest BCUT2D eigenvalue weighted by molar-refractivity contribution is 7.90. The van der Waals surface area contributed by atoms with E-state index in [9.17, 15) is 13.2 Å². The lowest BCUT2D eigenvalue weighted by molar-refractivity contribution is 0.0914. The molecule has 1 aliphatic heterocycles. The number of halogens is 1. The molecule has 0 radical (unpaired) electrons. The van der Waals surface area contributed by atoms with Gasteiger partial charge in [0.15, 0.2) is 11.4 Å². The van der Waals surface area contributed by atoms with Crippen molar-refractivity contribution in [2.24, 2.45) is 0 Å². The van der Waals surface area contributed by atoms with Gasteiger partial charge in [0.25, 0.3) is 5.91 Å². The van der Waals surface area contributed by atoms with Crippen LogP contribution in [0.1, 0.15) is 48.8 Å². The number of rotatable bonds is 6. The third kappa shape index (κ3) is 4.22. The Bertz CT molecular complexity index is 1000. The number of nitrogens with zero attached hydrogens (tertiary/aromatic N) is 3. The van der Waals surface area contributed by atoms with E-state index in [2.05, 4.69) is 10.3 Å². The van der Waals surface area contributed by atoms with E-state index in [1.165, 1.54) is 0 Å². The Morgan fingerprint density at radius 3 is 2.79 bits per heavy atom. The SMILES string of the molecule is CCOc1cccn2c(C(=O)N[C@H]3CCCN(S(=O)(=O)C4CC4)C3)c(C)nc12.Cl. The molecule has 1 N–H and O–H groups in total. The molecule has 3 heterocycles. The van der Waals surface area contributed by atoms with Crippen LogP contribution in [0.25, 0.3) is 5.65 Å². The number of amides is 1. The van der Waals surface area contributed by atoms with Gasteiger partial charge in [-0.05, 0) is 51.7 Å². The van der Waals surface area contributed by atoms with E-state index in [1.54, 1.807) is 21.8 Å². The minimum Gasteiger partial charge on any atom is -0.490 e. The van der Waals surface area contributed by atoms with Gasteiger partial charge in [0.1, 0.15) is 5.69 Å². The monoisotopic (exact) mass is 442 g/mol. The molecule has 1 saturated heterocycles. The molecule has 2 aliphatic rings. The molecule has 0 bridgehead atoms. The van der Waals surface area contributed by atoms with Crippen molar-refractivity contribution in [3.63, 3.8) is 0 Å². The second-order valence-electron chi connectivity index (χ2n) is 7.46. The quantitative estimate of drug-likeness (QED) is 0.739.